The van der Waals surface area contributed by atoms with Gasteiger partial charge in [-0.15, -0.1) is 0 Å². The molecule has 5 nitrogen and oxygen atoms in total. The highest BCUT2D eigenvalue weighted by molar-refractivity contribution is 5.89. The standard InChI is InChI=1S/C16H19NO4/c1-4-20-16(19)8-17-15(18)7-12-9-21-14-6-11(3)10(2)5-13(12)14/h5-6,9H,4,7-8H2,1-3H3,(H,17,18). The van der Waals surface area contributed by atoms with E-state index in [1.807, 2.05) is 26.0 Å². The van der Waals surface area contributed by atoms with Gasteiger partial charge < -0.3 is 14.5 Å². The van der Waals surface area contributed by atoms with Gasteiger partial charge in [0.25, 0.3) is 0 Å². The van der Waals surface area contributed by atoms with Crippen molar-refractivity contribution in [2.24, 2.45) is 0 Å². The molecule has 1 N–H and O–H groups in total. The van der Waals surface area contributed by atoms with Gasteiger partial charge in [0, 0.05) is 10.9 Å². The monoisotopic (exact) mass is 289 g/mol. The highest BCUT2D eigenvalue weighted by atomic mass is 16.5. The van der Waals surface area contributed by atoms with Crippen LogP contribution in [0.1, 0.15) is 23.6 Å². The second kappa shape index (κ2) is 6.43. The summed E-state index contributed by atoms with van der Waals surface area (Å²) in [5.74, 6) is -0.668. The van der Waals surface area contributed by atoms with Crippen molar-refractivity contribution >= 4 is 22.8 Å². The van der Waals surface area contributed by atoms with E-state index in [1.54, 1.807) is 13.2 Å². The van der Waals surface area contributed by atoms with E-state index in [1.165, 1.54) is 0 Å². The molecule has 5 heteroatoms. The van der Waals surface area contributed by atoms with E-state index in [9.17, 15) is 9.59 Å². The van der Waals surface area contributed by atoms with E-state index in [0.29, 0.717) is 6.61 Å². The van der Waals surface area contributed by atoms with Gasteiger partial charge in [-0.2, -0.15) is 0 Å². The van der Waals surface area contributed by atoms with Gasteiger partial charge in [-0.1, -0.05) is 0 Å². The van der Waals surface area contributed by atoms with Crippen LogP contribution in [0.5, 0.6) is 0 Å². The molecule has 0 aliphatic heterocycles. The molecule has 112 valence electrons. The first kappa shape index (κ1) is 15.1. The lowest BCUT2D eigenvalue weighted by Gasteiger charge is -2.04. The fourth-order valence-corrected chi connectivity index (χ4v) is 2.09. The van der Waals surface area contributed by atoms with E-state index < -0.39 is 5.97 Å². The predicted molar refractivity (Wildman–Crippen MR) is 79.0 cm³/mol. The summed E-state index contributed by atoms with van der Waals surface area (Å²) in [5.41, 5.74) is 3.88. The molecule has 0 aliphatic carbocycles. The van der Waals surface area contributed by atoms with Crippen molar-refractivity contribution in [3.05, 3.63) is 35.1 Å². The third-order valence-electron chi connectivity index (χ3n) is 3.36. The molecule has 2 rings (SSSR count). The number of aryl methyl sites for hydroxylation is 2. The van der Waals surface area contributed by atoms with Gasteiger partial charge in [-0.3, -0.25) is 9.59 Å². The van der Waals surface area contributed by atoms with Gasteiger partial charge in [0.15, 0.2) is 0 Å². The topological polar surface area (TPSA) is 68.5 Å². The minimum atomic E-state index is -0.436. The maximum Gasteiger partial charge on any atom is 0.325 e. The fraction of sp³-hybridized carbons (Fsp3) is 0.375. The van der Waals surface area contributed by atoms with Crippen molar-refractivity contribution in [3.63, 3.8) is 0 Å². The van der Waals surface area contributed by atoms with Crippen LogP contribution in [0.4, 0.5) is 0 Å². The van der Waals surface area contributed by atoms with Crippen LogP contribution in [0.2, 0.25) is 0 Å². The van der Waals surface area contributed by atoms with Crippen LogP contribution in [-0.4, -0.2) is 25.0 Å². The Labute approximate surface area is 123 Å². The molecule has 0 saturated heterocycles. The van der Waals surface area contributed by atoms with Crippen molar-refractivity contribution in [2.75, 3.05) is 13.2 Å². The molecule has 0 saturated carbocycles. The number of nitrogens with one attached hydrogen (secondary N) is 1. The molecule has 21 heavy (non-hydrogen) atoms. The first-order chi connectivity index (χ1) is 10.0. The number of hydrogen-bond donors (Lipinski definition) is 1. The Kier molecular flexibility index (Phi) is 4.62. The number of benzene rings is 1. The summed E-state index contributed by atoms with van der Waals surface area (Å²) in [4.78, 5) is 23.0. The number of fused-ring (bicyclic) bond motifs is 1. The smallest absolute Gasteiger partial charge is 0.325 e. The minimum absolute atomic E-state index is 0.111. The van der Waals surface area contributed by atoms with Crippen LogP contribution in [0.25, 0.3) is 11.0 Å². The van der Waals surface area contributed by atoms with Crippen LogP contribution >= 0.6 is 0 Å². The summed E-state index contributed by atoms with van der Waals surface area (Å²) in [5, 5.41) is 3.48. The maximum absolute atomic E-state index is 11.9. The zero-order chi connectivity index (χ0) is 15.4. The lowest BCUT2D eigenvalue weighted by atomic mass is 10.0. The number of amides is 1. The highest BCUT2D eigenvalue weighted by Crippen LogP contribution is 2.25. The Balaban J connectivity index is 2.04. The number of hydrogen-bond acceptors (Lipinski definition) is 4. The van der Waals surface area contributed by atoms with Crippen LogP contribution in [0.15, 0.2) is 22.8 Å². The Hall–Kier alpha value is -2.30. The zero-order valence-corrected chi connectivity index (χ0v) is 12.5. The SMILES string of the molecule is CCOC(=O)CNC(=O)Cc1coc2cc(C)c(C)cc12. The van der Waals surface area contributed by atoms with Crippen LogP contribution in [0, 0.1) is 13.8 Å². The largest absolute Gasteiger partial charge is 0.465 e. The summed E-state index contributed by atoms with van der Waals surface area (Å²) in [7, 11) is 0. The summed E-state index contributed by atoms with van der Waals surface area (Å²) in [6.07, 6.45) is 1.77. The second-order valence-electron chi connectivity index (χ2n) is 4.95. The van der Waals surface area contributed by atoms with Crippen LogP contribution in [-0.2, 0) is 20.7 Å². The Morgan fingerprint density at radius 1 is 1.24 bits per heavy atom. The number of ether oxygens (including phenoxy) is 1. The third-order valence-corrected chi connectivity index (χ3v) is 3.36. The average molecular weight is 289 g/mol. The molecule has 1 aromatic heterocycles. The molecule has 1 aromatic carbocycles. The first-order valence-electron chi connectivity index (χ1n) is 6.91. The van der Waals surface area contributed by atoms with E-state index in [0.717, 1.165) is 27.7 Å². The number of furan rings is 1. The van der Waals surface area contributed by atoms with Crippen molar-refractivity contribution < 1.29 is 18.7 Å². The van der Waals surface area contributed by atoms with E-state index >= 15 is 0 Å². The summed E-state index contributed by atoms with van der Waals surface area (Å²) in [6, 6.07) is 3.98. The van der Waals surface area contributed by atoms with E-state index in [2.05, 4.69) is 5.32 Å². The zero-order valence-electron chi connectivity index (χ0n) is 12.5. The van der Waals surface area contributed by atoms with Gasteiger partial charge in [-0.25, -0.2) is 0 Å². The summed E-state index contributed by atoms with van der Waals surface area (Å²) >= 11 is 0. The van der Waals surface area contributed by atoms with E-state index in [4.69, 9.17) is 9.15 Å². The fourth-order valence-electron chi connectivity index (χ4n) is 2.09. The molecule has 1 amide bonds. The molecule has 0 atom stereocenters. The quantitative estimate of drug-likeness (QED) is 0.857. The predicted octanol–water partition coefficient (Wildman–Crippen LogP) is 2.27. The molecule has 0 bridgehead atoms. The Bertz CT molecular complexity index is 672. The molecule has 0 aliphatic rings. The molecule has 0 fully saturated rings. The Morgan fingerprint density at radius 3 is 2.67 bits per heavy atom. The second-order valence-corrected chi connectivity index (χ2v) is 4.95. The highest BCUT2D eigenvalue weighted by Gasteiger charge is 2.12. The summed E-state index contributed by atoms with van der Waals surface area (Å²) in [6.45, 7) is 5.96. The van der Waals surface area contributed by atoms with Crippen LogP contribution in [0.3, 0.4) is 0 Å². The number of esters is 1. The molecule has 2 aromatic rings. The van der Waals surface area contributed by atoms with Gasteiger partial charge in [-0.05, 0) is 44.0 Å². The van der Waals surface area contributed by atoms with Crippen molar-refractivity contribution in [2.45, 2.75) is 27.2 Å². The van der Waals surface area contributed by atoms with Gasteiger partial charge in [0.05, 0.1) is 19.3 Å². The molecular formula is C16H19NO4. The van der Waals surface area contributed by atoms with E-state index in [-0.39, 0.29) is 18.9 Å². The number of carbonyl (C=O) groups is 2. The normalized spacial score (nSPS) is 10.6. The minimum Gasteiger partial charge on any atom is -0.465 e. The van der Waals surface area contributed by atoms with Gasteiger partial charge in [0.2, 0.25) is 5.91 Å². The van der Waals surface area contributed by atoms with Gasteiger partial charge in [0.1, 0.15) is 12.1 Å². The molecule has 0 spiro atoms. The third kappa shape index (κ3) is 3.62. The Morgan fingerprint density at radius 2 is 1.95 bits per heavy atom. The molecule has 1 heterocycles. The van der Waals surface area contributed by atoms with Crippen molar-refractivity contribution in [1.82, 2.24) is 5.32 Å². The molecule has 0 radical (unpaired) electrons. The average Bonchev–Trinajstić information content (AvgIpc) is 2.80. The van der Waals surface area contributed by atoms with Crippen molar-refractivity contribution in [3.8, 4) is 0 Å². The number of rotatable bonds is 5. The molecule has 0 unspecified atom stereocenters. The van der Waals surface area contributed by atoms with Crippen molar-refractivity contribution in [1.29, 1.82) is 0 Å². The van der Waals surface area contributed by atoms with Crippen LogP contribution < -0.4 is 5.32 Å². The summed E-state index contributed by atoms with van der Waals surface area (Å²) < 4.78 is 10.2. The molecular weight excluding hydrogens is 270 g/mol. The first-order valence-corrected chi connectivity index (χ1v) is 6.91. The lowest BCUT2D eigenvalue weighted by molar-refractivity contribution is -0.143. The van der Waals surface area contributed by atoms with Gasteiger partial charge >= 0.3 is 5.97 Å². The maximum atomic E-state index is 11.9. The number of carbonyl (C=O) groups excluding carboxylic acids is 2. The lowest BCUT2D eigenvalue weighted by Crippen LogP contribution is -2.31.